The molecule has 3 aromatic rings. The number of carbonyl (C=O) groups is 1. The van der Waals surface area contributed by atoms with Gasteiger partial charge >= 0.3 is 6.09 Å². The lowest BCUT2D eigenvalue weighted by Gasteiger charge is -2.26. The number of benzene rings is 1. The van der Waals surface area contributed by atoms with Gasteiger partial charge < -0.3 is 9.64 Å². The van der Waals surface area contributed by atoms with Crippen molar-refractivity contribution in [2.75, 3.05) is 18.6 Å². The van der Waals surface area contributed by atoms with E-state index < -0.39 is 6.09 Å². The summed E-state index contributed by atoms with van der Waals surface area (Å²) < 4.78 is 20.3. The maximum Gasteiger partial charge on any atom is 0.436 e. The summed E-state index contributed by atoms with van der Waals surface area (Å²) in [6.45, 7) is 0.804. The molecule has 140 valence electrons. The quantitative estimate of drug-likeness (QED) is 0.711. The third-order valence-corrected chi connectivity index (χ3v) is 4.49. The van der Waals surface area contributed by atoms with E-state index in [4.69, 9.17) is 4.74 Å². The molecule has 0 aliphatic carbocycles. The molecule has 0 saturated carbocycles. The van der Waals surface area contributed by atoms with Crippen LogP contribution in [0.1, 0.15) is 24.4 Å². The van der Waals surface area contributed by atoms with Crippen LogP contribution in [0.3, 0.4) is 0 Å². The Hall–Kier alpha value is -3.20. The Labute approximate surface area is 154 Å². The lowest BCUT2D eigenvalue weighted by molar-refractivity contribution is 0.0848. The molecule has 0 radical (unpaired) electrons. The van der Waals surface area contributed by atoms with Crippen LogP contribution < -0.4 is 15.1 Å². The molecule has 1 aliphatic heterocycles. The zero-order valence-corrected chi connectivity index (χ0v) is 14.6. The molecule has 0 unspecified atom stereocenters. The van der Waals surface area contributed by atoms with E-state index in [1.807, 2.05) is 12.1 Å². The summed E-state index contributed by atoms with van der Waals surface area (Å²) in [6, 6.07) is 8.52. The van der Waals surface area contributed by atoms with Gasteiger partial charge in [0, 0.05) is 12.7 Å². The van der Waals surface area contributed by atoms with Crippen LogP contribution in [0.4, 0.5) is 15.0 Å². The van der Waals surface area contributed by atoms with Crippen LogP contribution in [-0.4, -0.2) is 34.3 Å². The van der Waals surface area contributed by atoms with Crippen LogP contribution in [-0.2, 0) is 4.84 Å². The summed E-state index contributed by atoms with van der Waals surface area (Å²) in [5, 5.41) is 4.13. The van der Waals surface area contributed by atoms with E-state index in [-0.39, 0.29) is 17.6 Å². The molecule has 1 atom stereocenters. The molecule has 0 spiro atoms. The third-order valence-electron chi connectivity index (χ3n) is 4.49. The SMILES string of the molecule is CONC(=O)Oc1cnn2ccc(N3CCC[C@@H]3c3cccc(F)c3)nc12. The Balaban J connectivity index is 1.65. The largest absolute Gasteiger partial charge is 0.436 e. The number of amides is 1. The van der Waals surface area contributed by atoms with Gasteiger partial charge in [-0.05, 0) is 36.6 Å². The fourth-order valence-corrected chi connectivity index (χ4v) is 3.38. The zero-order chi connectivity index (χ0) is 18.8. The maximum absolute atomic E-state index is 13.6. The standard InChI is InChI=1S/C18H18FN5O3/c1-26-22-18(25)27-15-11-20-24-9-7-16(21-17(15)24)23-8-3-6-14(23)12-4-2-5-13(19)10-12/h2,4-5,7,9-11,14H,3,6,8H2,1H3,(H,22,25)/t14-/m1/s1. The molecule has 3 heterocycles. The van der Waals surface area contributed by atoms with E-state index in [0.29, 0.717) is 11.5 Å². The van der Waals surface area contributed by atoms with Crippen molar-refractivity contribution in [3.05, 3.63) is 54.1 Å². The number of aromatic nitrogens is 3. The molecule has 4 rings (SSSR count). The zero-order valence-electron chi connectivity index (χ0n) is 14.6. The van der Waals surface area contributed by atoms with Crippen LogP contribution >= 0.6 is 0 Å². The molecular weight excluding hydrogens is 353 g/mol. The molecule has 9 heteroatoms. The van der Waals surface area contributed by atoms with Crippen LogP contribution in [0.5, 0.6) is 5.75 Å². The van der Waals surface area contributed by atoms with Gasteiger partial charge in [0.05, 0.1) is 19.3 Å². The number of rotatable bonds is 4. The Kier molecular flexibility index (Phi) is 4.59. The summed E-state index contributed by atoms with van der Waals surface area (Å²) in [5.74, 6) is 0.679. The van der Waals surface area contributed by atoms with Gasteiger partial charge in [0.25, 0.3) is 0 Å². The normalized spacial score (nSPS) is 16.7. The number of halogens is 1. The second-order valence-electron chi connectivity index (χ2n) is 6.16. The lowest BCUT2D eigenvalue weighted by Crippen LogP contribution is -2.25. The predicted molar refractivity (Wildman–Crippen MR) is 94.9 cm³/mol. The molecule has 1 N–H and O–H groups in total. The van der Waals surface area contributed by atoms with Crippen LogP contribution in [0.25, 0.3) is 5.65 Å². The van der Waals surface area contributed by atoms with Gasteiger partial charge in [-0.1, -0.05) is 12.1 Å². The first-order chi connectivity index (χ1) is 13.2. The molecule has 1 aromatic carbocycles. The Morgan fingerprint density at radius 1 is 1.37 bits per heavy atom. The summed E-state index contributed by atoms with van der Waals surface area (Å²) in [6.07, 6.45) is 4.29. The number of nitrogens with zero attached hydrogens (tertiary/aromatic N) is 4. The van der Waals surface area contributed by atoms with Gasteiger partial charge in [0.1, 0.15) is 11.6 Å². The highest BCUT2D eigenvalue weighted by atomic mass is 19.1. The number of fused-ring (bicyclic) bond motifs is 1. The average Bonchev–Trinajstić information content (AvgIpc) is 3.29. The molecule has 1 aliphatic rings. The minimum Gasteiger partial charge on any atom is -0.403 e. The number of carbonyl (C=O) groups excluding carboxylic acids is 1. The van der Waals surface area contributed by atoms with Crippen molar-refractivity contribution in [2.45, 2.75) is 18.9 Å². The third kappa shape index (κ3) is 3.41. The molecule has 8 nitrogen and oxygen atoms in total. The van der Waals surface area contributed by atoms with Crippen LogP contribution in [0.2, 0.25) is 0 Å². The van der Waals surface area contributed by atoms with E-state index in [1.165, 1.54) is 23.9 Å². The fraction of sp³-hybridized carbons (Fsp3) is 0.278. The number of nitrogens with one attached hydrogen (secondary N) is 1. The molecule has 1 amide bonds. The number of hydrogen-bond donors (Lipinski definition) is 1. The molecule has 1 saturated heterocycles. The van der Waals surface area contributed by atoms with E-state index in [9.17, 15) is 9.18 Å². The van der Waals surface area contributed by atoms with E-state index in [0.717, 1.165) is 24.9 Å². The van der Waals surface area contributed by atoms with E-state index >= 15 is 0 Å². The Morgan fingerprint density at radius 2 is 2.26 bits per heavy atom. The van der Waals surface area contributed by atoms with Crippen molar-refractivity contribution in [3.8, 4) is 5.75 Å². The van der Waals surface area contributed by atoms with Gasteiger partial charge in [0.15, 0.2) is 5.75 Å². The summed E-state index contributed by atoms with van der Waals surface area (Å²) in [4.78, 5) is 22.9. The van der Waals surface area contributed by atoms with E-state index in [2.05, 4.69) is 25.3 Å². The minimum absolute atomic E-state index is 0.0414. The summed E-state index contributed by atoms with van der Waals surface area (Å²) in [5.41, 5.74) is 3.40. The van der Waals surface area contributed by atoms with Gasteiger partial charge in [-0.15, -0.1) is 0 Å². The van der Waals surface area contributed by atoms with Gasteiger partial charge in [-0.2, -0.15) is 10.6 Å². The highest BCUT2D eigenvalue weighted by Crippen LogP contribution is 2.36. The smallest absolute Gasteiger partial charge is 0.403 e. The topological polar surface area (TPSA) is 81.0 Å². The number of hydrogen-bond acceptors (Lipinski definition) is 6. The lowest BCUT2D eigenvalue weighted by atomic mass is 10.0. The van der Waals surface area contributed by atoms with Gasteiger partial charge in [0.2, 0.25) is 5.65 Å². The highest BCUT2D eigenvalue weighted by molar-refractivity contribution is 5.72. The summed E-state index contributed by atoms with van der Waals surface area (Å²) in [7, 11) is 1.31. The Morgan fingerprint density at radius 3 is 3.07 bits per heavy atom. The first kappa shape index (κ1) is 17.2. The van der Waals surface area contributed by atoms with Crippen molar-refractivity contribution in [3.63, 3.8) is 0 Å². The molecule has 2 aromatic heterocycles. The van der Waals surface area contributed by atoms with Crippen LogP contribution in [0.15, 0.2) is 42.7 Å². The predicted octanol–water partition coefficient (Wildman–Crippen LogP) is 2.86. The maximum atomic E-state index is 13.6. The number of anilines is 1. The second-order valence-corrected chi connectivity index (χ2v) is 6.16. The first-order valence-electron chi connectivity index (χ1n) is 8.53. The fourth-order valence-electron chi connectivity index (χ4n) is 3.38. The molecule has 1 fully saturated rings. The van der Waals surface area contributed by atoms with Crippen LogP contribution in [0, 0.1) is 5.82 Å². The average molecular weight is 371 g/mol. The monoisotopic (exact) mass is 371 g/mol. The highest BCUT2D eigenvalue weighted by Gasteiger charge is 2.28. The second kappa shape index (κ2) is 7.20. The van der Waals surface area contributed by atoms with Gasteiger partial charge in [-0.3, -0.25) is 4.84 Å². The minimum atomic E-state index is -0.765. The summed E-state index contributed by atoms with van der Waals surface area (Å²) >= 11 is 0. The van der Waals surface area contributed by atoms with Crippen molar-refractivity contribution in [1.29, 1.82) is 0 Å². The Bertz CT molecular complexity index is 977. The molecule has 27 heavy (non-hydrogen) atoms. The number of ether oxygens (including phenoxy) is 1. The van der Waals surface area contributed by atoms with Gasteiger partial charge in [-0.25, -0.2) is 18.7 Å². The van der Waals surface area contributed by atoms with Crippen molar-refractivity contribution in [1.82, 2.24) is 20.1 Å². The molecular formula is C18H18FN5O3. The van der Waals surface area contributed by atoms with E-state index in [1.54, 1.807) is 18.3 Å². The van der Waals surface area contributed by atoms with Crippen molar-refractivity contribution in [2.24, 2.45) is 0 Å². The van der Waals surface area contributed by atoms with Crippen molar-refractivity contribution < 1.29 is 18.8 Å². The first-order valence-corrected chi connectivity index (χ1v) is 8.53. The van der Waals surface area contributed by atoms with Crippen molar-refractivity contribution >= 4 is 17.6 Å². The molecule has 0 bridgehead atoms. The number of hydroxylamine groups is 1.